The molecule has 0 saturated heterocycles. The van der Waals surface area contributed by atoms with Gasteiger partial charge in [-0.05, 0) is 20.3 Å². The van der Waals surface area contributed by atoms with E-state index in [0.717, 1.165) is 6.42 Å². The Balaban J connectivity index is 3.55. The minimum Gasteiger partial charge on any atom is -0.462 e. The summed E-state index contributed by atoms with van der Waals surface area (Å²) in [6.07, 6.45) is 1.16. The molecule has 0 N–H and O–H groups in total. The zero-order chi connectivity index (χ0) is 11.9. The molecule has 0 aromatic rings. The number of rotatable bonds is 6. The average Bonchev–Trinajstić information content (AvgIpc) is 2.11. The zero-order valence-electron chi connectivity index (χ0n) is 9.34. The summed E-state index contributed by atoms with van der Waals surface area (Å²) in [4.78, 5) is 22.1. The molecule has 0 heterocycles. The van der Waals surface area contributed by atoms with Crippen molar-refractivity contribution < 1.29 is 19.1 Å². The second-order valence-corrected chi connectivity index (χ2v) is 5.56. The maximum absolute atomic E-state index is 11.2. The Hall–Kier alpha value is -0.580. The molecule has 0 amide bonds. The highest BCUT2D eigenvalue weighted by Crippen LogP contribution is 2.17. The van der Waals surface area contributed by atoms with Crippen molar-refractivity contribution in [1.82, 2.24) is 0 Å². The van der Waals surface area contributed by atoms with Gasteiger partial charge >= 0.3 is 11.9 Å². The molecule has 0 radical (unpaired) electrons. The monoisotopic (exact) mass is 280 g/mol. The van der Waals surface area contributed by atoms with Gasteiger partial charge in [0.1, 0.15) is 17.5 Å². The molecular formula is C10H17BrO4. The first-order valence-electron chi connectivity index (χ1n) is 4.89. The van der Waals surface area contributed by atoms with E-state index in [9.17, 15) is 9.59 Å². The van der Waals surface area contributed by atoms with Crippen LogP contribution in [0.25, 0.3) is 0 Å². The fourth-order valence-corrected chi connectivity index (χ4v) is 0.852. The van der Waals surface area contributed by atoms with Crippen LogP contribution in [-0.2, 0) is 19.1 Å². The van der Waals surface area contributed by atoms with Crippen LogP contribution in [0.1, 0.15) is 33.6 Å². The average molecular weight is 281 g/mol. The predicted octanol–water partition coefficient (Wildman–Crippen LogP) is 2.05. The number of alkyl halides is 1. The van der Waals surface area contributed by atoms with Gasteiger partial charge in [0.05, 0.1) is 0 Å². The highest BCUT2D eigenvalue weighted by molar-refractivity contribution is 9.10. The Morgan fingerprint density at radius 3 is 2.20 bits per heavy atom. The molecule has 0 aliphatic rings. The summed E-state index contributed by atoms with van der Waals surface area (Å²) < 4.78 is 8.99. The van der Waals surface area contributed by atoms with E-state index in [1.165, 1.54) is 0 Å². The third kappa shape index (κ3) is 7.36. The summed E-state index contributed by atoms with van der Waals surface area (Å²) in [6, 6.07) is 0. The molecule has 0 atom stereocenters. The SMILES string of the molecule is CCCC(=O)OCCOC(=O)C(C)(C)Br. The molecule has 0 aromatic carbocycles. The smallest absolute Gasteiger partial charge is 0.322 e. The van der Waals surface area contributed by atoms with Gasteiger partial charge in [0.2, 0.25) is 0 Å². The van der Waals surface area contributed by atoms with E-state index >= 15 is 0 Å². The van der Waals surface area contributed by atoms with Crippen molar-refractivity contribution in [2.75, 3.05) is 13.2 Å². The maximum atomic E-state index is 11.2. The van der Waals surface area contributed by atoms with Crippen LogP contribution in [0.5, 0.6) is 0 Å². The standard InChI is InChI=1S/C10H17BrO4/c1-4-5-8(12)14-6-7-15-9(13)10(2,3)11/h4-7H2,1-3H3. The molecule has 0 unspecified atom stereocenters. The largest absolute Gasteiger partial charge is 0.462 e. The minimum absolute atomic E-state index is 0.101. The Labute approximate surface area is 98.4 Å². The first-order valence-corrected chi connectivity index (χ1v) is 5.69. The molecule has 0 bridgehead atoms. The number of carbonyl (C=O) groups is 2. The van der Waals surface area contributed by atoms with E-state index in [4.69, 9.17) is 9.47 Å². The summed E-state index contributed by atoms with van der Waals surface area (Å²) in [5, 5.41) is 0. The molecule has 5 heteroatoms. The second kappa shape index (κ2) is 6.82. The van der Waals surface area contributed by atoms with Crippen molar-refractivity contribution in [3.63, 3.8) is 0 Å². The quantitative estimate of drug-likeness (QED) is 0.425. The Kier molecular flexibility index (Phi) is 6.56. The molecule has 4 nitrogen and oxygen atoms in total. The normalized spacial score (nSPS) is 10.9. The molecule has 0 fully saturated rings. The van der Waals surface area contributed by atoms with Crippen LogP contribution in [0, 0.1) is 0 Å². The number of ether oxygens (including phenoxy) is 2. The molecule has 0 aromatic heterocycles. The van der Waals surface area contributed by atoms with Gasteiger partial charge in [-0.25, -0.2) is 0 Å². The van der Waals surface area contributed by atoms with Gasteiger partial charge in [0.25, 0.3) is 0 Å². The number of hydrogen-bond acceptors (Lipinski definition) is 4. The Morgan fingerprint density at radius 2 is 1.73 bits per heavy atom. The van der Waals surface area contributed by atoms with Crippen molar-refractivity contribution in [2.45, 2.75) is 37.9 Å². The van der Waals surface area contributed by atoms with Crippen LogP contribution in [0.15, 0.2) is 0 Å². The van der Waals surface area contributed by atoms with Crippen molar-refractivity contribution in [2.24, 2.45) is 0 Å². The first-order chi connectivity index (χ1) is 6.88. The lowest BCUT2D eigenvalue weighted by Gasteiger charge is -2.14. The van der Waals surface area contributed by atoms with Crippen LogP contribution in [0.4, 0.5) is 0 Å². The van der Waals surface area contributed by atoms with E-state index in [-0.39, 0.29) is 25.2 Å². The number of carbonyl (C=O) groups excluding carboxylic acids is 2. The van der Waals surface area contributed by atoms with Gasteiger partial charge in [-0.1, -0.05) is 22.9 Å². The van der Waals surface area contributed by atoms with Gasteiger partial charge in [0.15, 0.2) is 0 Å². The molecular weight excluding hydrogens is 264 g/mol. The molecule has 0 saturated carbocycles. The molecule has 88 valence electrons. The van der Waals surface area contributed by atoms with Crippen molar-refractivity contribution in [3.05, 3.63) is 0 Å². The Bertz CT molecular complexity index is 220. The van der Waals surface area contributed by atoms with E-state index in [2.05, 4.69) is 15.9 Å². The zero-order valence-corrected chi connectivity index (χ0v) is 10.9. The number of hydrogen-bond donors (Lipinski definition) is 0. The summed E-state index contributed by atoms with van der Waals surface area (Å²) in [5.74, 6) is -0.624. The molecule has 0 aliphatic carbocycles. The van der Waals surface area contributed by atoms with Gasteiger partial charge in [-0.3, -0.25) is 9.59 Å². The van der Waals surface area contributed by atoms with Crippen LogP contribution in [0.2, 0.25) is 0 Å². The van der Waals surface area contributed by atoms with E-state index in [1.807, 2.05) is 6.92 Å². The van der Waals surface area contributed by atoms with E-state index in [1.54, 1.807) is 13.8 Å². The highest BCUT2D eigenvalue weighted by atomic mass is 79.9. The van der Waals surface area contributed by atoms with Crippen molar-refractivity contribution in [3.8, 4) is 0 Å². The first kappa shape index (κ1) is 14.4. The highest BCUT2D eigenvalue weighted by Gasteiger charge is 2.25. The van der Waals surface area contributed by atoms with Crippen LogP contribution in [-0.4, -0.2) is 29.5 Å². The second-order valence-electron chi connectivity index (χ2n) is 3.58. The van der Waals surface area contributed by atoms with Gasteiger partial charge in [-0.15, -0.1) is 0 Å². The number of esters is 2. The lowest BCUT2D eigenvalue weighted by Crippen LogP contribution is -2.28. The lowest BCUT2D eigenvalue weighted by molar-refractivity contribution is -0.153. The van der Waals surface area contributed by atoms with E-state index in [0.29, 0.717) is 6.42 Å². The fourth-order valence-electron chi connectivity index (χ4n) is 0.738. The predicted molar refractivity (Wildman–Crippen MR) is 59.8 cm³/mol. The molecule has 15 heavy (non-hydrogen) atoms. The number of halogens is 1. The Morgan fingerprint density at radius 1 is 1.20 bits per heavy atom. The van der Waals surface area contributed by atoms with Crippen molar-refractivity contribution >= 4 is 27.9 Å². The molecule has 0 aliphatic heterocycles. The molecule has 0 rings (SSSR count). The maximum Gasteiger partial charge on any atom is 0.322 e. The fraction of sp³-hybridized carbons (Fsp3) is 0.800. The summed E-state index contributed by atoms with van der Waals surface area (Å²) in [6.45, 7) is 5.50. The van der Waals surface area contributed by atoms with Crippen LogP contribution >= 0.6 is 15.9 Å². The summed E-state index contributed by atoms with van der Waals surface area (Å²) in [5.41, 5.74) is 0. The molecule has 0 spiro atoms. The van der Waals surface area contributed by atoms with Crippen LogP contribution in [0.3, 0.4) is 0 Å². The van der Waals surface area contributed by atoms with E-state index < -0.39 is 4.32 Å². The van der Waals surface area contributed by atoms with Gasteiger partial charge in [0, 0.05) is 6.42 Å². The minimum atomic E-state index is -0.694. The summed E-state index contributed by atoms with van der Waals surface area (Å²) >= 11 is 3.17. The third-order valence-corrected chi connectivity index (χ3v) is 1.84. The van der Waals surface area contributed by atoms with Gasteiger partial charge < -0.3 is 9.47 Å². The van der Waals surface area contributed by atoms with Crippen LogP contribution < -0.4 is 0 Å². The van der Waals surface area contributed by atoms with Gasteiger partial charge in [-0.2, -0.15) is 0 Å². The third-order valence-electron chi connectivity index (χ3n) is 1.52. The van der Waals surface area contributed by atoms with Crippen molar-refractivity contribution in [1.29, 1.82) is 0 Å². The lowest BCUT2D eigenvalue weighted by atomic mass is 10.2. The summed E-state index contributed by atoms with van der Waals surface area (Å²) in [7, 11) is 0. The topological polar surface area (TPSA) is 52.6 Å².